The van der Waals surface area contributed by atoms with Gasteiger partial charge in [-0.3, -0.25) is 4.79 Å². The van der Waals surface area contributed by atoms with Crippen LogP contribution >= 0.6 is 11.8 Å². The highest BCUT2D eigenvalue weighted by Crippen LogP contribution is 2.23. The van der Waals surface area contributed by atoms with Gasteiger partial charge in [-0.2, -0.15) is 0 Å². The van der Waals surface area contributed by atoms with Crippen LogP contribution in [0, 0.1) is 5.92 Å². The summed E-state index contributed by atoms with van der Waals surface area (Å²) >= 11 is 1.36. The van der Waals surface area contributed by atoms with Gasteiger partial charge < -0.3 is 4.90 Å². The van der Waals surface area contributed by atoms with E-state index in [1.807, 2.05) is 6.26 Å². The molecule has 0 saturated carbocycles. The van der Waals surface area contributed by atoms with Crippen molar-refractivity contribution in [2.24, 2.45) is 5.92 Å². The molecule has 0 aromatic carbocycles. The fraction of sp³-hybridized carbons (Fsp3) is 0.909. The molecule has 1 aliphatic rings. The van der Waals surface area contributed by atoms with Crippen molar-refractivity contribution in [2.75, 3.05) is 19.3 Å². The lowest BCUT2D eigenvalue weighted by Crippen LogP contribution is -2.50. The van der Waals surface area contributed by atoms with Gasteiger partial charge >= 0.3 is 0 Å². The second-order valence-corrected chi connectivity index (χ2v) is 5.25. The number of nitrogens with zero attached hydrogens (tertiary/aromatic N) is 1. The van der Waals surface area contributed by atoms with E-state index in [0.717, 1.165) is 18.8 Å². The van der Waals surface area contributed by atoms with Crippen LogP contribution in [0.15, 0.2) is 0 Å². The predicted molar refractivity (Wildman–Crippen MR) is 62.6 cm³/mol. The molecule has 0 N–H and O–H groups in total. The minimum atomic E-state index is 0.338. The number of rotatable bonds is 5. The van der Waals surface area contributed by atoms with Crippen molar-refractivity contribution in [3.8, 4) is 0 Å². The fourth-order valence-corrected chi connectivity index (χ4v) is 2.20. The molecule has 0 aromatic rings. The first-order valence-corrected chi connectivity index (χ1v) is 6.66. The average Bonchev–Trinajstić information content (AvgIpc) is 2.07. The maximum Gasteiger partial charge on any atom is 0.188 e. The summed E-state index contributed by atoms with van der Waals surface area (Å²) in [6.45, 7) is 6.97. The minimum absolute atomic E-state index is 0.338. The Labute approximate surface area is 91.4 Å². The lowest BCUT2D eigenvalue weighted by atomic mass is 9.93. The van der Waals surface area contributed by atoms with Gasteiger partial charge in [0.15, 0.2) is 5.12 Å². The van der Waals surface area contributed by atoms with Crippen LogP contribution in [-0.4, -0.2) is 35.4 Å². The highest BCUT2D eigenvalue weighted by atomic mass is 32.2. The summed E-state index contributed by atoms with van der Waals surface area (Å²) in [6.07, 6.45) is 4.94. The molecule has 1 fully saturated rings. The number of hydrogen-bond acceptors (Lipinski definition) is 3. The zero-order valence-electron chi connectivity index (χ0n) is 9.45. The van der Waals surface area contributed by atoms with Crippen molar-refractivity contribution in [2.45, 2.75) is 39.2 Å². The Hall–Kier alpha value is -0.0200. The second kappa shape index (κ2) is 5.76. The summed E-state index contributed by atoms with van der Waals surface area (Å²) in [5.74, 6) is 0.854. The largest absolute Gasteiger partial charge is 0.300 e. The van der Waals surface area contributed by atoms with Gasteiger partial charge in [0.25, 0.3) is 0 Å². The van der Waals surface area contributed by atoms with Crippen molar-refractivity contribution in [3.63, 3.8) is 0 Å². The van der Waals surface area contributed by atoms with E-state index in [1.165, 1.54) is 31.3 Å². The number of carbonyl (C=O) groups excluding carboxylic acids is 1. The van der Waals surface area contributed by atoms with Gasteiger partial charge in [-0.1, -0.05) is 11.8 Å². The summed E-state index contributed by atoms with van der Waals surface area (Å²) in [5, 5.41) is 0.338. The molecule has 0 atom stereocenters. The standard InChI is InChI=1S/C11H21NOS/c1-9(2)12-7-10(8-12)5-4-6-11(13)14-3/h9-10H,4-8H2,1-3H3. The quantitative estimate of drug-likeness (QED) is 0.702. The Morgan fingerprint density at radius 2 is 2.14 bits per heavy atom. The van der Waals surface area contributed by atoms with Crippen LogP contribution in [0.4, 0.5) is 0 Å². The molecule has 1 aliphatic heterocycles. The lowest BCUT2D eigenvalue weighted by Gasteiger charge is -2.42. The van der Waals surface area contributed by atoms with Crippen LogP contribution < -0.4 is 0 Å². The van der Waals surface area contributed by atoms with E-state index in [4.69, 9.17) is 0 Å². The Morgan fingerprint density at radius 3 is 2.64 bits per heavy atom. The van der Waals surface area contributed by atoms with Crippen molar-refractivity contribution in [1.29, 1.82) is 0 Å². The van der Waals surface area contributed by atoms with Gasteiger partial charge in [0.1, 0.15) is 0 Å². The molecule has 0 bridgehead atoms. The molecule has 1 saturated heterocycles. The molecule has 14 heavy (non-hydrogen) atoms. The molecule has 1 heterocycles. The van der Waals surface area contributed by atoms with Crippen LogP contribution in [0.1, 0.15) is 33.1 Å². The number of carbonyl (C=O) groups is 1. The summed E-state index contributed by atoms with van der Waals surface area (Å²) in [7, 11) is 0. The topological polar surface area (TPSA) is 20.3 Å². The fourth-order valence-electron chi connectivity index (χ4n) is 1.85. The van der Waals surface area contributed by atoms with Crippen LogP contribution in [0.2, 0.25) is 0 Å². The summed E-state index contributed by atoms with van der Waals surface area (Å²) in [4.78, 5) is 13.5. The van der Waals surface area contributed by atoms with Gasteiger partial charge in [0.05, 0.1) is 0 Å². The van der Waals surface area contributed by atoms with Gasteiger partial charge in [-0.15, -0.1) is 0 Å². The summed E-state index contributed by atoms with van der Waals surface area (Å²) in [6, 6.07) is 0.694. The lowest BCUT2D eigenvalue weighted by molar-refractivity contribution is -0.111. The molecule has 0 amide bonds. The maximum absolute atomic E-state index is 11.0. The van der Waals surface area contributed by atoms with Crippen LogP contribution in [0.3, 0.4) is 0 Å². The van der Waals surface area contributed by atoms with Gasteiger partial charge in [-0.05, 0) is 38.9 Å². The van der Waals surface area contributed by atoms with E-state index in [0.29, 0.717) is 11.2 Å². The Kier molecular flexibility index (Phi) is 4.96. The Morgan fingerprint density at radius 1 is 1.50 bits per heavy atom. The summed E-state index contributed by atoms with van der Waals surface area (Å²) < 4.78 is 0. The zero-order valence-corrected chi connectivity index (χ0v) is 10.3. The maximum atomic E-state index is 11.0. The second-order valence-electron chi connectivity index (χ2n) is 4.38. The van der Waals surface area contributed by atoms with Crippen molar-refractivity contribution in [3.05, 3.63) is 0 Å². The van der Waals surface area contributed by atoms with E-state index >= 15 is 0 Å². The first-order valence-electron chi connectivity index (χ1n) is 5.44. The van der Waals surface area contributed by atoms with E-state index in [1.54, 1.807) is 0 Å². The third-order valence-corrected chi connectivity index (χ3v) is 3.60. The van der Waals surface area contributed by atoms with Crippen molar-refractivity contribution < 1.29 is 4.79 Å². The minimum Gasteiger partial charge on any atom is -0.300 e. The zero-order chi connectivity index (χ0) is 10.6. The van der Waals surface area contributed by atoms with Crippen molar-refractivity contribution >= 4 is 16.9 Å². The smallest absolute Gasteiger partial charge is 0.188 e. The van der Waals surface area contributed by atoms with Crippen LogP contribution in [0.5, 0.6) is 0 Å². The Balaban J connectivity index is 1.98. The molecular formula is C11H21NOS. The van der Waals surface area contributed by atoms with E-state index in [2.05, 4.69) is 18.7 Å². The third kappa shape index (κ3) is 3.62. The molecule has 0 unspecified atom stereocenters. The number of hydrogen-bond donors (Lipinski definition) is 0. The molecule has 0 radical (unpaired) electrons. The highest BCUT2D eigenvalue weighted by Gasteiger charge is 2.27. The van der Waals surface area contributed by atoms with Crippen LogP contribution in [0.25, 0.3) is 0 Å². The van der Waals surface area contributed by atoms with E-state index in [9.17, 15) is 4.79 Å². The molecule has 0 spiro atoms. The number of thioether (sulfide) groups is 1. The first-order chi connectivity index (χ1) is 6.63. The average molecular weight is 215 g/mol. The molecule has 3 heteroatoms. The SMILES string of the molecule is CSC(=O)CCCC1CN(C(C)C)C1. The van der Waals surface area contributed by atoms with Gasteiger partial charge in [0, 0.05) is 25.6 Å². The van der Waals surface area contributed by atoms with E-state index < -0.39 is 0 Å². The first kappa shape index (κ1) is 12.1. The Bertz CT molecular complexity index is 188. The van der Waals surface area contributed by atoms with Crippen LogP contribution in [-0.2, 0) is 4.79 Å². The number of likely N-dealkylation sites (tertiary alicyclic amines) is 1. The molecular weight excluding hydrogens is 194 g/mol. The predicted octanol–water partition coefficient (Wildman–Crippen LogP) is 2.39. The molecule has 1 rings (SSSR count). The molecule has 0 aromatic heterocycles. The molecule has 82 valence electrons. The van der Waals surface area contributed by atoms with Gasteiger partial charge in [0.2, 0.25) is 0 Å². The third-order valence-electron chi connectivity index (χ3n) is 2.94. The highest BCUT2D eigenvalue weighted by molar-refractivity contribution is 8.13. The molecule has 0 aliphatic carbocycles. The summed E-state index contributed by atoms with van der Waals surface area (Å²) in [5.41, 5.74) is 0. The van der Waals surface area contributed by atoms with E-state index in [-0.39, 0.29) is 0 Å². The normalized spacial score (nSPS) is 18.6. The van der Waals surface area contributed by atoms with Gasteiger partial charge in [-0.25, -0.2) is 0 Å². The monoisotopic (exact) mass is 215 g/mol. The van der Waals surface area contributed by atoms with Crippen molar-refractivity contribution in [1.82, 2.24) is 4.90 Å². The molecule has 2 nitrogen and oxygen atoms in total.